The number of nitrogens with zero attached hydrogens (tertiary/aromatic N) is 1. The Hall–Kier alpha value is -1.61. The Bertz CT molecular complexity index is 570. The van der Waals surface area contributed by atoms with E-state index in [-0.39, 0.29) is 5.43 Å². The van der Waals surface area contributed by atoms with Crippen molar-refractivity contribution in [2.45, 2.75) is 13.5 Å². The fourth-order valence-electron chi connectivity index (χ4n) is 1.82. The van der Waals surface area contributed by atoms with E-state index in [2.05, 4.69) is 0 Å². The van der Waals surface area contributed by atoms with Crippen LogP contribution in [-0.4, -0.2) is 4.57 Å². The van der Waals surface area contributed by atoms with E-state index in [1.807, 2.05) is 36.7 Å². The first kappa shape index (κ1) is 9.93. The van der Waals surface area contributed by atoms with Crippen LogP contribution in [0.15, 0.2) is 29.1 Å². The minimum Gasteiger partial charge on any atom is -0.346 e. The Labute approximate surface area is 88.1 Å². The van der Waals surface area contributed by atoms with Crippen LogP contribution in [0.1, 0.15) is 11.3 Å². The lowest BCUT2D eigenvalue weighted by Crippen LogP contribution is -2.14. The number of benzene rings is 1. The normalized spacial score (nSPS) is 10.9. The number of aromatic nitrogens is 1. The molecular weight excluding hydrogens is 188 g/mol. The molecule has 2 rings (SSSR count). The second-order valence-electron chi connectivity index (χ2n) is 3.78. The van der Waals surface area contributed by atoms with Crippen molar-refractivity contribution in [3.05, 3.63) is 45.7 Å². The summed E-state index contributed by atoms with van der Waals surface area (Å²) in [6, 6.07) is 7.49. The summed E-state index contributed by atoms with van der Waals surface area (Å²) in [6.07, 6.45) is 0. The highest BCUT2D eigenvalue weighted by molar-refractivity contribution is 5.80. The second kappa shape index (κ2) is 3.51. The van der Waals surface area contributed by atoms with Crippen LogP contribution in [0.2, 0.25) is 0 Å². The molecule has 0 saturated heterocycles. The summed E-state index contributed by atoms with van der Waals surface area (Å²) in [4.78, 5) is 11.8. The molecule has 0 fully saturated rings. The summed E-state index contributed by atoms with van der Waals surface area (Å²) in [5.74, 6) is 0. The Balaban J connectivity index is 2.93. The van der Waals surface area contributed by atoms with Crippen molar-refractivity contribution in [1.29, 1.82) is 0 Å². The fourth-order valence-corrected chi connectivity index (χ4v) is 1.82. The molecule has 0 atom stereocenters. The van der Waals surface area contributed by atoms with Crippen LogP contribution in [0, 0.1) is 6.92 Å². The van der Waals surface area contributed by atoms with E-state index in [9.17, 15) is 4.79 Å². The first-order valence-corrected chi connectivity index (χ1v) is 4.93. The monoisotopic (exact) mass is 202 g/mol. The van der Waals surface area contributed by atoms with E-state index in [1.165, 1.54) is 0 Å². The molecule has 1 aromatic heterocycles. The van der Waals surface area contributed by atoms with Crippen LogP contribution >= 0.6 is 0 Å². The summed E-state index contributed by atoms with van der Waals surface area (Å²) in [5, 5.41) is 0.759. The molecule has 0 bridgehead atoms. The summed E-state index contributed by atoms with van der Waals surface area (Å²) < 4.78 is 1.97. The third-order valence-electron chi connectivity index (χ3n) is 2.72. The zero-order chi connectivity index (χ0) is 11.0. The van der Waals surface area contributed by atoms with Gasteiger partial charge >= 0.3 is 0 Å². The summed E-state index contributed by atoms with van der Waals surface area (Å²) in [7, 11) is 1.93. The van der Waals surface area contributed by atoms with Gasteiger partial charge in [0.15, 0.2) is 5.43 Å². The molecule has 1 aromatic carbocycles. The molecular formula is C12H14N2O. The van der Waals surface area contributed by atoms with Gasteiger partial charge in [0.05, 0.1) is 5.52 Å². The summed E-state index contributed by atoms with van der Waals surface area (Å²) >= 11 is 0. The van der Waals surface area contributed by atoms with Gasteiger partial charge < -0.3 is 10.3 Å². The number of hydrogen-bond acceptors (Lipinski definition) is 2. The van der Waals surface area contributed by atoms with Gasteiger partial charge in [-0.1, -0.05) is 11.6 Å². The van der Waals surface area contributed by atoms with Crippen molar-refractivity contribution in [2.75, 3.05) is 0 Å². The minimum absolute atomic E-state index is 0.0484. The Morgan fingerprint density at radius 1 is 1.33 bits per heavy atom. The molecule has 78 valence electrons. The maximum Gasteiger partial charge on any atom is 0.189 e. The molecule has 0 aliphatic heterocycles. The topological polar surface area (TPSA) is 48.0 Å². The van der Waals surface area contributed by atoms with Crippen LogP contribution in [0.3, 0.4) is 0 Å². The van der Waals surface area contributed by atoms with Crippen LogP contribution in [-0.2, 0) is 13.6 Å². The van der Waals surface area contributed by atoms with Gasteiger partial charge in [-0.3, -0.25) is 4.79 Å². The standard InChI is InChI=1S/C12H14N2O/c1-8-3-4-11-10(5-8)12(15)6-9(7-13)14(11)2/h3-6H,7,13H2,1-2H3. The average Bonchev–Trinajstić information content (AvgIpc) is 2.23. The smallest absolute Gasteiger partial charge is 0.189 e. The largest absolute Gasteiger partial charge is 0.346 e. The second-order valence-corrected chi connectivity index (χ2v) is 3.78. The number of nitrogens with two attached hydrogens (primary N) is 1. The Morgan fingerprint density at radius 2 is 2.07 bits per heavy atom. The molecule has 3 nitrogen and oxygen atoms in total. The maximum absolute atomic E-state index is 11.8. The average molecular weight is 202 g/mol. The zero-order valence-corrected chi connectivity index (χ0v) is 8.95. The van der Waals surface area contributed by atoms with E-state index in [4.69, 9.17) is 5.73 Å². The van der Waals surface area contributed by atoms with Crippen molar-refractivity contribution in [3.8, 4) is 0 Å². The van der Waals surface area contributed by atoms with Gasteiger partial charge in [0.1, 0.15) is 0 Å². The van der Waals surface area contributed by atoms with E-state index in [0.29, 0.717) is 6.54 Å². The molecule has 15 heavy (non-hydrogen) atoms. The first-order valence-electron chi connectivity index (χ1n) is 4.93. The maximum atomic E-state index is 11.8. The van der Waals surface area contributed by atoms with Crippen molar-refractivity contribution >= 4 is 10.9 Å². The summed E-state index contributed by atoms with van der Waals surface area (Å²) in [5.41, 5.74) is 8.52. The highest BCUT2D eigenvalue weighted by atomic mass is 16.1. The number of fused-ring (bicyclic) bond motifs is 1. The third-order valence-corrected chi connectivity index (χ3v) is 2.72. The van der Waals surface area contributed by atoms with Gasteiger partial charge in [-0.15, -0.1) is 0 Å². The van der Waals surface area contributed by atoms with Crippen LogP contribution in [0.4, 0.5) is 0 Å². The van der Waals surface area contributed by atoms with Gasteiger partial charge in [-0.25, -0.2) is 0 Å². The van der Waals surface area contributed by atoms with Crippen molar-refractivity contribution in [3.63, 3.8) is 0 Å². The minimum atomic E-state index is 0.0484. The Morgan fingerprint density at radius 3 is 2.73 bits per heavy atom. The van der Waals surface area contributed by atoms with E-state index in [1.54, 1.807) is 6.07 Å². The van der Waals surface area contributed by atoms with E-state index >= 15 is 0 Å². The highest BCUT2D eigenvalue weighted by Crippen LogP contribution is 2.13. The number of hydrogen-bond donors (Lipinski definition) is 1. The van der Waals surface area contributed by atoms with Gasteiger partial charge in [0, 0.05) is 30.7 Å². The summed E-state index contributed by atoms with van der Waals surface area (Å²) in [6.45, 7) is 2.37. The van der Waals surface area contributed by atoms with Gasteiger partial charge in [0.25, 0.3) is 0 Å². The molecule has 2 aromatic rings. The van der Waals surface area contributed by atoms with Crippen molar-refractivity contribution in [2.24, 2.45) is 12.8 Å². The number of aryl methyl sites for hydroxylation is 2. The molecule has 0 amide bonds. The van der Waals surface area contributed by atoms with Crippen molar-refractivity contribution < 1.29 is 0 Å². The van der Waals surface area contributed by atoms with Gasteiger partial charge in [-0.05, 0) is 19.1 Å². The first-order chi connectivity index (χ1) is 7.13. The Kier molecular flexibility index (Phi) is 2.32. The highest BCUT2D eigenvalue weighted by Gasteiger charge is 2.04. The fraction of sp³-hybridized carbons (Fsp3) is 0.250. The predicted molar refractivity (Wildman–Crippen MR) is 61.8 cm³/mol. The lowest BCUT2D eigenvalue weighted by Gasteiger charge is -2.10. The lowest BCUT2D eigenvalue weighted by molar-refractivity contribution is 0.832. The third kappa shape index (κ3) is 1.55. The van der Waals surface area contributed by atoms with E-state index < -0.39 is 0 Å². The van der Waals surface area contributed by atoms with Crippen LogP contribution in [0.5, 0.6) is 0 Å². The van der Waals surface area contributed by atoms with Gasteiger partial charge in [0.2, 0.25) is 0 Å². The molecule has 2 N–H and O–H groups in total. The molecule has 0 radical (unpaired) electrons. The SMILES string of the molecule is Cc1ccc2c(c1)c(=O)cc(CN)n2C. The molecule has 0 aliphatic carbocycles. The quantitative estimate of drug-likeness (QED) is 0.757. The molecule has 1 heterocycles. The lowest BCUT2D eigenvalue weighted by atomic mass is 10.1. The number of pyridine rings is 1. The molecule has 0 saturated carbocycles. The molecule has 3 heteroatoms. The van der Waals surface area contributed by atoms with E-state index in [0.717, 1.165) is 22.2 Å². The number of rotatable bonds is 1. The van der Waals surface area contributed by atoms with Crippen molar-refractivity contribution in [1.82, 2.24) is 4.57 Å². The van der Waals surface area contributed by atoms with Crippen LogP contribution < -0.4 is 11.2 Å². The van der Waals surface area contributed by atoms with Crippen LogP contribution in [0.25, 0.3) is 10.9 Å². The predicted octanol–water partition coefficient (Wildman–Crippen LogP) is 1.31. The molecule has 0 aliphatic rings. The molecule has 0 spiro atoms. The molecule has 0 unspecified atom stereocenters. The van der Waals surface area contributed by atoms with Gasteiger partial charge in [-0.2, -0.15) is 0 Å². The zero-order valence-electron chi connectivity index (χ0n) is 8.95.